The first-order chi connectivity index (χ1) is 12.1. The number of rotatable bonds is 5. The van der Waals surface area contributed by atoms with Crippen LogP contribution in [0.25, 0.3) is 0 Å². The molecular weight excluding hydrogens is 322 g/mol. The van der Waals surface area contributed by atoms with E-state index in [1.54, 1.807) is 34.5 Å². The van der Waals surface area contributed by atoms with E-state index in [0.29, 0.717) is 35.1 Å². The highest BCUT2D eigenvalue weighted by Crippen LogP contribution is 2.47. The summed E-state index contributed by atoms with van der Waals surface area (Å²) in [6.07, 6.45) is 0.304. The minimum absolute atomic E-state index is 0.0642. The molecule has 2 aromatic rings. The minimum atomic E-state index is -0.189. The van der Waals surface area contributed by atoms with Crippen LogP contribution in [0.1, 0.15) is 23.5 Å². The van der Waals surface area contributed by atoms with Gasteiger partial charge in [-0.25, -0.2) is 0 Å². The average molecular weight is 343 g/mol. The van der Waals surface area contributed by atoms with Crippen molar-refractivity contribution >= 4 is 11.6 Å². The van der Waals surface area contributed by atoms with Crippen LogP contribution in [0.2, 0.25) is 0 Å². The fraction of sp³-hybridized carbons (Fsp3) is 0.316. The molecule has 0 saturated carbocycles. The maximum atomic E-state index is 12.3. The number of carbonyl (C=O) groups excluding carboxylic acids is 1. The quantitative estimate of drug-likeness (QED) is 0.903. The Morgan fingerprint density at radius 2 is 1.56 bits per heavy atom. The molecule has 0 aliphatic carbocycles. The fourth-order valence-electron chi connectivity index (χ4n) is 3.21. The number of benzene rings is 2. The predicted octanol–water partition coefficient (Wildman–Crippen LogP) is 3.20. The molecular formula is C19H21NO5. The summed E-state index contributed by atoms with van der Waals surface area (Å²) in [7, 11) is 6.39. The summed E-state index contributed by atoms with van der Waals surface area (Å²) in [6.45, 7) is 0. The Bertz CT molecular complexity index is 803. The smallest absolute Gasteiger partial charge is 0.225 e. The van der Waals surface area contributed by atoms with Gasteiger partial charge in [0.15, 0.2) is 0 Å². The molecule has 1 atom stereocenters. The summed E-state index contributed by atoms with van der Waals surface area (Å²) >= 11 is 0. The molecule has 1 aliphatic rings. The predicted molar refractivity (Wildman–Crippen MR) is 94.2 cm³/mol. The van der Waals surface area contributed by atoms with Gasteiger partial charge in [0.1, 0.15) is 23.0 Å². The summed E-state index contributed by atoms with van der Waals surface area (Å²) in [5, 5.41) is 2.90. The van der Waals surface area contributed by atoms with Gasteiger partial charge in [0.05, 0.1) is 34.1 Å². The Hall–Kier alpha value is -2.89. The van der Waals surface area contributed by atoms with Gasteiger partial charge in [-0.3, -0.25) is 4.79 Å². The zero-order valence-corrected chi connectivity index (χ0v) is 14.7. The van der Waals surface area contributed by atoms with Crippen LogP contribution in [0.15, 0.2) is 30.3 Å². The van der Waals surface area contributed by atoms with Crippen molar-refractivity contribution < 1.29 is 23.7 Å². The first-order valence-electron chi connectivity index (χ1n) is 7.89. The lowest BCUT2D eigenvalue weighted by Crippen LogP contribution is -2.24. The third kappa shape index (κ3) is 3.07. The summed E-state index contributed by atoms with van der Waals surface area (Å²) in [5.41, 5.74) is 2.50. The van der Waals surface area contributed by atoms with Gasteiger partial charge in [0.25, 0.3) is 0 Å². The molecule has 3 rings (SSSR count). The van der Waals surface area contributed by atoms with E-state index in [4.69, 9.17) is 18.9 Å². The van der Waals surface area contributed by atoms with Gasteiger partial charge in [0.2, 0.25) is 5.91 Å². The maximum absolute atomic E-state index is 12.3. The van der Waals surface area contributed by atoms with Gasteiger partial charge >= 0.3 is 0 Å². The molecule has 1 amide bonds. The van der Waals surface area contributed by atoms with Crippen molar-refractivity contribution in [2.24, 2.45) is 0 Å². The summed E-state index contributed by atoms with van der Waals surface area (Å²) in [6, 6.07) is 9.23. The van der Waals surface area contributed by atoms with Gasteiger partial charge in [-0.05, 0) is 6.07 Å². The third-order valence-electron chi connectivity index (χ3n) is 4.40. The molecule has 0 radical (unpaired) electrons. The molecule has 1 N–H and O–H groups in total. The number of amides is 1. The van der Waals surface area contributed by atoms with E-state index < -0.39 is 0 Å². The van der Waals surface area contributed by atoms with Crippen molar-refractivity contribution in [1.29, 1.82) is 0 Å². The number of anilines is 1. The summed E-state index contributed by atoms with van der Waals surface area (Å²) in [4.78, 5) is 12.3. The molecule has 1 aliphatic heterocycles. The zero-order valence-electron chi connectivity index (χ0n) is 14.7. The normalized spacial score (nSPS) is 15.8. The second kappa shape index (κ2) is 6.93. The minimum Gasteiger partial charge on any atom is -0.497 e. The van der Waals surface area contributed by atoms with E-state index in [-0.39, 0.29) is 11.8 Å². The number of hydrogen-bond acceptors (Lipinski definition) is 5. The van der Waals surface area contributed by atoms with E-state index in [0.717, 1.165) is 11.1 Å². The molecule has 0 aromatic heterocycles. The monoisotopic (exact) mass is 343 g/mol. The van der Waals surface area contributed by atoms with Crippen LogP contribution >= 0.6 is 0 Å². The number of methoxy groups -OCH3 is 4. The molecule has 0 bridgehead atoms. The number of fused-ring (bicyclic) bond motifs is 1. The van der Waals surface area contributed by atoms with Crippen LogP contribution in [0, 0.1) is 0 Å². The SMILES string of the molecule is COc1ccc(C2CC(=O)Nc3cc(OC)cc(OC)c32)c(OC)c1. The Morgan fingerprint density at radius 3 is 2.20 bits per heavy atom. The highest BCUT2D eigenvalue weighted by Gasteiger charge is 2.32. The van der Waals surface area contributed by atoms with Crippen molar-refractivity contribution in [3.8, 4) is 23.0 Å². The lowest BCUT2D eigenvalue weighted by atomic mass is 9.83. The number of nitrogens with one attached hydrogen (secondary N) is 1. The van der Waals surface area contributed by atoms with E-state index in [9.17, 15) is 4.79 Å². The molecule has 25 heavy (non-hydrogen) atoms. The third-order valence-corrected chi connectivity index (χ3v) is 4.40. The highest BCUT2D eigenvalue weighted by molar-refractivity contribution is 5.96. The summed E-state index contributed by atoms with van der Waals surface area (Å²) < 4.78 is 21.7. The molecule has 0 fully saturated rings. The number of carbonyl (C=O) groups is 1. The molecule has 6 nitrogen and oxygen atoms in total. The van der Waals surface area contributed by atoms with Crippen LogP contribution in [0.3, 0.4) is 0 Å². The molecule has 1 heterocycles. The second-order valence-corrected chi connectivity index (χ2v) is 5.70. The number of hydrogen-bond donors (Lipinski definition) is 1. The first kappa shape index (κ1) is 17.0. The average Bonchev–Trinajstić information content (AvgIpc) is 2.65. The Morgan fingerprint density at radius 1 is 0.880 bits per heavy atom. The van der Waals surface area contributed by atoms with Gasteiger partial charge in [-0.15, -0.1) is 0 Å². The van der Waals surface area contributed by atoms with Crippen LogP contribution < -0.4 is 24.3 Å². The van der Waals surface area contributed by atoms with Crippen molar-refractivity contribution in [1.82, 2.24) is 0 Å². The lowest BCUT2D eigenvalue weighted by molar-refractivity contribution is -0.116. The second-order valence-electron chi connectivity index (χ2n) is 5.70. The Labute approximate surface area is 146 Å². The van der Waals surface area contributed by atoms with Gasteiger partial charge < -0.3 is 24.3 Å². The molecule has 0 spiro atoms. The van der Waals surface area contributed by atoms with E-state index in [2.05, 4.69) is 5.32 Å². The van der Waals surface area contributed by atoms with Gasteiger partial charge in [0, 0.05) is 41.7 Å². The molecule has 2 aromatic carbocycles. The molecule has 1 unspecified atom stereocenters. The maximum Gasteiger partial charge on any atom is 0.225 e. The van der Waals surface area contributed by atoms with Crippen molar-refractivity contribution in [2.45, 2.75) is 12.3 Å². The van der Waals surface area contributed by atoms with E-state index in [1.165, 1.54) is 0 Å². The van der Waals surface area contributed by atoms with Crippen molar-refractivity contribution in [3.63, 3.8) is 0 Å². The fourth-order valence-corrected chi connectivity index (χ4v) is 3.21. The van der Waals surface area contributed by atoms with Crippen LogP contribution in [-0.4, -0.2) is 34.3 Å². The summed E-state index contributed by atoms with van der Waals surface area (Å²) in [5.74, 6) is 2.40. The number of ether oxygens (including phenoxy) is 4. The molecule has 132 valence electrons. The Kier molecular flexibility index (Phi) is 4.70. The highest BCUT2D eigenvalue weighted by atomic mass is 16.5. The van der Waals surface area contributed by atoms with E-state index in [1.807, 2.05) is 24.3 Å². The van der Waals surface area contributed by atoms with Crippen LogP contribution in [0.5, 0.6) is 23.0 Å². The van der Waals surface area contributed by atoms with Gasteiger partial charge in [-0.1, -0.05) is 6.07 Å². The first-order valence-corrected chi connectivity index (χ1v) is 7.89. The topological polar surface area (TPSA) is 66.0 Å². The van der Waals surface area contributed by atoms with Crippen LogP contribution in [0.4, 0.5) is 5.69 Å². The van der Waals surface area contributed by atoms with Gasteiger partial charge in [-0.2, -0.15) is 0 Å². The molecule has 0 saturated heterocycles. The Balaban J connectivity index is 2.18. The largest absolute Gasteiger partial charge is 0.497 e. The van der Waals surface area contributed by atoms with Crippen molar-refractivity contribution in [3.05, 3.63) is 41.5 Å². The zero-order chi connectivity index (χ0) is 18.0. The van der Waals surface area contributed by atoms with Crippen molar-refractivity contribution in [2.75, 3.05) is 33.8 Å². The standard InChI is InChI=1S/C19H21NO5/c1-22-11-5-6-13(16(8-11)24-3)14-10-18(21)20-15-7-12(23-2)9-17(25-4)19(14)15/h5-9,14H,10H2,1-4H3,(H,20,21). The van der Waals surface area contributed by atoms with E-state index >= 15 is 0 Å². The lowest BCUT2D eigenvalue weighted by Gasteiger charge is -2.29. The molecule has 6 heteroatoms. The van der Waals surface area contributed by atoms with Crippen LogP contribution in [-0.2, 0) is 4.79 Å².